The molecule has 0 saturated heterocycles. The molecule has 1 aromatic heterocycles. The van der Waals surface area contributed by atoms with Crippen molar-refractivity contribution >= 4 is 29.9 Å². The SMILES string of the molecule is CCNC(=NCc1ccccc1)NCc1cn(C)nc1C(F)(F)F.I. The molecule has 0 aliphatic rings. The van der Waals surface area contributed by atoms with Crippen LogP contribution in [-0.4, -0.2) is 22.3 Å². The number of hydrogen-bond acceptors (Lipinski definition) is 2. The highest BCUT2D eigenvalue weighted by atomic mass is 127. The zero-order chi connectivity index (χ0) is 17.6. The van der Waals surface area contributed by atoms with Crippen LogP contribution in [0.25, 0.3) is 0 Å². The van der Waals surface area contributed by atoms with Crippen LogP contribution in [0.4, 0.5) is 13.2 Å². The minimum absolute atomic E-state index is 0. The van der Waals surface area contributed by atoms with Crippen LogP contribution in [0.1, 0.15) is 23.7 Å². The summed E-state index contributed by atoms with van der Waals surface area (Å²) in [5, 5.41) is 9.43. The number of halogens is 4. The van der Waals surface area contributed by atoms with E-state index in [1.165, 1.54) is 13.2 Å². The molecule has 138 valence electrons. The van der Waals surface area contributed by atoms with Crippen LogP contribution in [0.2, 0.25) is 0 Å². The summed E-state index contributed by atoms with van der Waals surface area (Å²) >= 11 is 0. The Labute approximate surface area is 161 Å². The molecule has 1 aromatic carbocycles. The van der Waals surface area contributed by atoms with Gasteiger partial charge in [0.25, 0.3) is 0 Å². The molecule has 0 atom stereocenters. The van der Waals surface area contributed by atoms with Crippen LogP contribution in [0.5, 0.6) is 0 Å². The van der Waals surface area contributed by atoms with Crippen molar-refractivity contribution in [3.8, 4) is 0 Å². The van der Waals surface area contributed by atoms with E-state index in [-0.39, 0.29) is 36.1 Å². The minimum Gasteiger partial charge on any atom is -0.357 e. The van der Waals surface area contributed by atoms with Crippen molar-refractivity contribution in [3.63, 3.8) is 0 Å². The van der Waals surface area contributed by atoms with E-state index in [9.17, 15) is 13.2 Å². The van der Waals surface area contributed by atoms with Crippen LogP contribution < -0.4 is 10.6 Å². The van der Waals surface area contributed by atoms with Gasteiger partial charge in [-0.15, -0.1) is 24.0 Å². The molecule has 9 heteroatoms. The lowest BCUT2D eigenvalue weighted by molar-refractivity contribution is -0.142. The Morgan fingerprint density at radius 2 is 1.88 bits per heavy atom. The molecule has 0 bridgehead atoms. The van der Waals surface area contributed by atoms with Crippen molar-refractivity contribution in [1.82, 2.24) is 20.4 Å². The molecule has 0 unspecified atom stereocenters. The quantitative estimate of drug-likeness (QED) is 0.403. The fourth-order valence-electron chi connectivity index (χ4n) is 2.18. The summed E-state index contributed by atoms with van der Waals surface area (Å²) in [6.07, 6.45) is -3.12. The molecule has 0 amide bonds. The highest BCUT2D eigenvalue weighted by Crippen LogP contribution is 2.30. The first-order valence-corrected chi connectivity index (χ1v) is 7.56. The van der Waals surface area contributed by atoms with E-state index < -0.39 is 11.9 Å². The van der Waals surface area contributed by atoms with E-state index in [0.717, 1.165) is 10.2 Å². The van der Waals surface area contributed by atoms with Gasteiger partial charge in [0.05, 0.1) is 6.54 Å². The van der Waals surface area contributed by atoms with Crippen LogP contribution in [0.3, 0.4) is 0 Å². The summed E-state index contributed by atoms with van der Waals surface area (Å²) in [5.74, 6) is 0.457. The average Bonchev–Trinajstić information content (AvgIpc) is 2.92. The summed E-state index contributed by atoms with van der Waals surface area (Å²) in [4.78, 5) is 4.38. The third-order valence-corrected chi connectivity index (χ3v) is 3.23. The number of benzene rings is 1. The smallest absolute Gasteiger partial charge is 0.357 e. The fourth-order valence-corrected chi connectivity index (χ4v) is 2.18. The second kappa shape index (κ2) is 9.64. The summed E-state index contributed by atoms with van der Waals surface area (Å²) < 4.78 is 40.0. The fraction of sp³-hybridized carbons (Fsp3) is 0.375. The Bertz CT molecular complexity index is 683. The molecule has 25 heavy (non-hydrogen) atoms. The molecule has 0 radical (unpaired) electrons. The third-order valence-electron chi connectivity index (χ3n) is 3.23. The second-order valence-electron chi connectivity index (χ2n) is 5.21. The van der Waals surface area contributed by atoms with Crippen molar-refractivity contribution in [2.24, 2.45) is 12.0 Å². The van der Waals surface area contributed by atoms with E-state index in [4.69, 9.17) is 0 Å². The third kappa shape index (κ3) is 6.56. The Morgan fingerprint density at radius 3 is 2.48 bits per heavy atom. The first-order chi connectivity index (χ1) is 11.4. The Kier molecular flexibility index (Phi) is 8.20. The van der Waals surface area contributed by atoms with Crippen LogP contribution in [0, 0.1) is 0 Å². The molecule has 0 aliphatic heterocycles. The van der Waals surface area contributed by atoms with Gasteiger partial charge in [-0.1, -0.05) is 30.3 Å². The van der Waals surface area contributed by atoms with Gasteiger partial charge >= 0.3 is 6.18 Å². The maximum atomic E-state index is 13.0. The number of guanidine groups is 1. The van der Waals surface area contributed by atoms with Gasteiger partial charge in [-0.2, -0.15) is 18.3 Å². The molecular weight excluding hydrogens is 446 g/mol. The molecule has 0 aliphatic carbocycles. The standard InChI is InChI=1S/C16H20F3N5.HI/c1-3-20-15(21-9-12-7-5-4-6-8-12)22-10-13-11-24(2)23-14(13)16(17,18)19;/h4-8,11H,3,9-10H2,1-2H3,(H2,20,21,22);1H. The number of aryl methyl sites for hydroxylation is 1. The first kappa shape index (κ1) is 21.3. The van der Waals surface area contributed by atoms with Crippen molar-refractivity contribution in [2.75, 3.05) is 6.54 Å². The maximum absolute atomic E-state index is 13.0. The number of nitrogens with zero attached hydrogens (tertiary/aromatic N) is 3. The number of rotatable bonds is 5. The number of aromatic nitrogens is 2. The average molecular weight is 467 g/mol. The normalized spacial score (nSPS) is 11.8. The lowest BCUT2D eigenvalue weighted by Crippen LogP contribution is -2.37. The highest BCUT2D eigenvalue weighted by Gasteiger charge is 2.36. The lowest BCUT2D eigenvalue weighted by Gasteiger charge is -2.12. The minimum atomic E-state index is -4.47. The van der Waals surface area contributed by atoms with Crippen LogP contribution in [-0.2, 0) is 26.3 Å². The van der Waals surface area contributed by atoms with Crippen LogP contribution in [0.15, 0.2) is 41.5 Å². The van der Waals surface area contributed by atoms with E-state index in [1.54, 1.807) is 0 Å². The maximum Gasteiger partial charge on any atom is 0.435 e. The Morgan fingerprint density at radius 1 is 1.20 bits per heavy atom. The largest absolute Gasteiger partial charge is 0.435 e. The van der Waals surface area contributed by atoms with Crippen molar-refractivity contribution < 1.29 is 13.2 Å². The summed E-state index contributed by atoms with van der Waals surface area (Å²) in [5.41, 5.74) is 0.221. The predicted molar refractivity (Wildman–Crippen MR) is 102 cm³/mol. The first-order valence-electron chi connectivity index (χ1n) is 7.56. The van der Waals surface area contributed by atoms with E-state index in [1.807, 2.05) is 37.3 Å². The topological polar surface area (TPSA) is 54.2 Å². The highest BCUT2D eigenvalue weighted by molar-refractivity contribution is 14.0. The molecule has 0 spiro atoms. The van der Waals surface area contributed by atoms with Crippen molar-refractivity contribution in [2.45, 2.75) is 26.2 Å². The van der Waals surface area contributed by atoms with Gasteiger partial charge in [-0.3, -0.25) is 4.68 Å². The van der Waals surface area contributed by atoms with E-state index in [0.29, 0.717) is 19.0 Å². The predicted octanol–water partition coefficient (Wildman–Crippen LogP) is 3.31. The number of nitrogens with one attached hydrogen (secondary N) is 2. The molecule has 2 aromatic rings. The molecular formula is C16H21F3IN5. The van der Waals surface area contributed by atoms with Gasteiger partial charge in [-0.05, 0) is 12.5 Å². The van der Waals surface area contributed by atoms with Gasteiger partial charge in [0.15, 0.2) is 11.7 Å². The summed E-state index contributed by atoms with van der Waals surface area (Å²) in [6, 6.07) is 9.62. The zero-order valence-electron chi connectivity index (χ0n) is 14.0. The van der Waals surface area contributed by atoms with Gasteiger partial charge in [0.2, 0.25) is 0 Å². The Hall–Kier alpha value is -1.78. The monoisotopic (exact) mass is 467 g/mol. The van der Waals surface area contributed by atoms with Gasteiger partial charge < -0.3 is 10.6 Å². The van der Waals surface area contributed by atoms with Gasteiger partial charge in [-0.25, -0.2) is 4.99 Å². The molecule has 0 saturated carbocycles. The van der Waals surface area contributed by atoms with Crippen molar-refractivity contribution in [1.29, 1.82) is 0 Å². The second-order valence-corrected chi connectivity index (χ2v) is 5.21. The summed E-state index contributed by atoms with van der Waals surface area (Å²) in [6.45, 7) is 2.93. The zero-order valence-corrected chi connectivity index (χ0v) is 16.3. The van der Waals surface area contributed by atoms with Crippen LogP contribution >= 0.6 is 24.0 Å². The summed E-state index contributed by atoms with van der Waals surface area (Å²) in [7, 11) is 1.47. The molecule has 2 N–H and O–H groups in total. The van der Waals surface area contributed by atoms with E-state index >= 15 is 0 Å². The lowest BCUT2D eigenvalue weighted by atomic mass is 10.2. The molecule has 0 fully saturated rings. The molecule has 1 heterocycles. The van der Waals surface area contributed by atoms with Gasteiger partial charge in [0, 0.05) is 31.9 Å². The number of alkyl halides is 3. The van der Waals surface area contributed by atoms with Gasteiger partial charge in [0.1, 0.15) is 0 Å². The van der Waals surface area contributed by atoms with Crippen molar-refractivity contribution in [3.05, 3.63) is 53.3 Å². The molecule has 5 nitrogen and oxygen atoms in total. The Balaban J connectivity index is 0.00000312. The molecule has 2 rings (SSSR count). The van der Waals surface area contributed by atoms with E-state index in [2.05, 4.69) is 20.7 Å². The number of hydrogen-bond donors (Lipinski definition) is 2. The number of aliphatic imine (C=N–C) groups is 1.